The van der Waals surface area contributed by atoms with Crippen LogP contribution in [-0.4, -0.2) is 45.8 Å². The first kappa shape index (κ1) is 21.5. The van der Waals surface area contributed by atoms with Crippen LogP contribution >= 0.6 is 0 Å². The lowest BCUT2D eigenvalue weighted by atomic mass is 9.95. The molecule has 5 rings (SSSR count). The molecule has 170 valence electrons. The Hall–Kier alpha value is -3.35. The molecule has 2 aliphatic heterocycles. The zero-order valence-corrected chi connectivity index (χ0v) is 19.7. The molecule has 1 unspecified atom stereocenters. The van der Waals surface area contributed by atoms with Gasteiger partial charge in [-0.1, -0.05) is 41.9 Å². The van der Waals surface area contributed by atoms with Crippen molar-refractivity contribution in [3.63, 3.8) is 0 Å². The molecule has 0 aliphatic carbocycles. The number of likely N-dealkylation sites (tertiary alicyclic amines) is 1. The lowest BCUT2D eigenvalue weighted by Gasteiger charge is -2.30. The van der Waals surface area contributed by atoms with Gasteiger partial charge in [-0.05, 0) is 54.6 Å². The summed E-state index contributed by atoms with van der Waals surface area (Å²) in [7, 11) is 1.96. The minimum atomic E-state index is 0.0943. The third-order valence-corrected chi connectivity index (χ3v) is 6.83. The van der Waals surface area contributed by atoms with Crippen molar-refractivity contribution in [2.75, 3.05) is 20.1 Å². The number of carbonyl (C=O) groups is 1. The topological polar surface area (TPSA) is 74.6 Å². The van der Waals surface area contributed by atoms with Gasteiger partial charge in [0.05, 0.1) is 5.56 Å². The van der Waals surface area contributed by atoms with E-state index >= 15 is 0 Å². The molecule has 3 aromatic rings. The van der Waals surface area contributed by atoms with E-state index in [1.54, 1.807) is 0 Å². The maximum Gasteiger partial charge on any atom is 0.253 e. The Morgan fingerprint density at radius 2 is 1.85 bits per heavy atom. The Balaban J connectivity index is 1.24. The van der Waals surface area contributed by atoms with Gasteiger partial charge in [0.2, 0.25) is 17.4 Å². The third-order valence-electron chi connectivity index (χ3n) is 6.83. The van der Waals surface area contributed by atoms with Crippen molar-refractivity contribution in [3.8, 4) is 11.4 Å². The standard InChI is InChI=1S/C26H30N5O2/c1-16(2)18-5-7-20(8-6-18)26(32)31-13-11-19(12-14-31)25-27-24(29-33-25)21-9-10-22-17(3)28-30(4)23(22)15-21/h5-10,15-17,19H,11-14H2,1-4H3/q+1. The number of nitrogens with zero attached hydrogens (tertiary/aromatic N) is 5. The second-order valence-corrected chi connectivity index (χ2v) is 9.39. The lowest BCUT2D eigenvalue weighted by Crippen LogP contribution is -2.38. The van der Waals surface area contributed by atoms with Crippen LogP contribution in [0.3, 0.4) is 0 Å². The number of benzene rings is 2. The first-order chi connectivity index (χ1) is 15.9. The predicted octanol–water partition coefficient (Wildman–Crippen LogP) is 5.68. The van der Waals surface area contributed by atoms with Gasteiger partial charge in [-0.2, -0.15) is 4.98 Å². The zero-order valence-electron chi connectivity index (χ0n) is 19.7. The van der Waals surface area contributed by atoms with Crippen molar-refractivity contribution in [1.29, 1.82) is 0 Å². The van der Waals surface area contributed by atoms with Crippen LogP contribution in [-0.2, 0) is 0 Å². The summed E-state index contributed by atoms with van der Waals surface area (Å²) in [4.78, 5) is 19.5. The van der Waals surface area contributed by atoms with Crippen LogP contribution in [0.4, 0.5) is 5.69 Å². The number of fused-ring (bicyclic) bond motifs is 1. The van der Waals surface area contributed by atoms with Gasteiger partial charge in [0.25, 0.3) is 5.91 Å². The molecule has 7 nitrogen and oxygen atoms in total. The van der Waals surface area contributed by atoms with Crippen molar-refractivity contribution in [3.05, 3.63) is 65.0 Å². The van der Waals surface area contributed by atoms with Crippen LogP contribution in [0.25, 0.3) is 11.4 Å². The molecule has 1 fully saturated rings. The summed E-state index contributed by atoms with van der Waals surface area (Å²) < 4.78 is 7.55. The number of aromatic nitrogens is 2. The maximum atomic E-state index is 12.9. The molecule has 0 radical (unpaired) electrons. The van der Waals surface area contributed by atoms with Crippen molar-refractivity contribution >= 4 is 11.6 Å². The Bertz CT molecular complexity index is 1200. The van der Waals surface area contributed by atoms with E-state index in [-0.39, 0.29) is 17.9 Å². The summed E-state index contributed by atoms with van der Waals surface area (Å²) in [5.74, 6) is 1.98. The molecule has 33 heavy (non-hydrogen) atoms. The molecule has 0 bridgehead atoms. The largest absolute Gasteiger partial charge is 0.339 e. The molecule has 3 heterocycles. The van der Waals surface area contributed by atoms with Crippen LogP contribution in [0.2, 0.25) is 0 Å². The number of rotatable bonds is 4. The summed E-state index contributed by atoms with van der Waals surface area (Å²) in [5, 5.41) is 8.80. The molecule has 7 heteroatoms. The highest BCUT2D eigenvalue weighted by molar-refractivity contribution is 5.94. The average Bonchev–Trinajstić information content (AvgIpc) is 3.43. The molecule has 2 aliphatic rings. The summed E-state index contributed by atoms with van der Waals surface area (Å²) in [6.45, 7) is 7.78. The highest BCUT2D eigenvalue weighted by Crippen LogP contribution is 2.37. The molecule has 0 spiro atoms. The summed E-state index contributed by atoms with van der Waals surface area (Å²) >= 11 is 0. The van der Waals surface area contributed by atoms with Crippen LogP contribution in [0.1, 0.15) is 78.9 Å². The second kappa shape index (κ2) is 8.54. The molecule has 0 N–H and O–H groups in total. The highest BCUT2D eigenvalue weighted by atomic mass is 16.5. The fourth-order valence-corrected chi connectivity index (χ4v) is 4.74. The molecular formula is C26H30N5O2+. The van der Waals surface area contributed by atoms with Gasteiger partial charge in [0.15, 0.2) is 7.05 Å². The van der Waals surface area contributed by atoms with Gasteiger partial charge in [-0.3, -0.25) is 4.79 Å². The zero-order chi connectivity index (χ0) is 23.1. The average molecular weight is 445 g/mol. The lowest BCUT2D eigenvalue weighted by molar-refractivity contribution is -0.477. The van der Waals surface area contributed by atoms with Crippen molar-refractivity contribution in [2.45, 2.75) is 51.5 Å². The SMILES string of the molecule is CC(C)c1ccc(C(=O)N2CCC(c3nc(-c4ccc5c(c4)[N+](C)=NC5C)no3)CC2)cc1. The minimum absolute atomic E-state index is 0.0943. The molecule has 0 saturated carbocycles. The normalized spacial score (nSPS) is 18.5. The molecule has 1 aromatic heterocycles. The summed E-state index contributed by atoms with van der Waals surface area (Å²) in [5.41, 5.74) is 5.22. The van der Waals surface area contributed by atoms with Gasteiger partial charge < -0.3 is 9.42 Å². The Labute approximate surface area is 194 Å². The van der Waals surface area contributed by atoms with Crippen LogP contribution in [0, 0.1) is 0 Å². The van der Waals surface area contributed by atoms with Crippen molar-refractivity contribution < 1.29 is 14.0 Å². The number of hydrogen-bond acceptors (Lipinski definition) is 5. The van der Waals surface area contributed by atoms with Gasteiger partial charge in [0, 0.05) is 36.2 Å². The Kier molecular flexibility index (Phi) is 5.56. The van der Waals surface area contributed by atoms with Gasteiger partial charge in [0.1, 0.15) is 6.04 Å². The number of carbonyl (C=O) groups excluding carboxylic acids is 1. The third kappa shape index (κ3) is 4.08. The van der Waals surface area contributed by atoms with E-state index in [0.29, 0.717) is 30.7 Å². The first-order valence-corrected chi connectivity index (χ1v) is 11.7. The predicted molar refractivity (Wildman–Crippen MR) is 125 cm³/mol. The van der Waals surface area contributed by atoms with Crippen LogP contribution in [0.15, 0.2) is 52.1 Å². The van der Waals surface area contributed by atoms with E-state index in [4.69, 9.17) is 9.51 Å². The maximum absolute atomic E-state index is 12.9. The van der Waals surface area contributed by atoms with E-state index in [1.807, 2.05) is 34.8 Å². The van der Waals surface area contributed by atoms with Gasteiger partial charge in [-0.15, -0.1) is 0 Å². The fraction of sp³-hybridized carbons (Fsp3) is 0.423. The molecule has 2 aromatic carbocycles. The smallest absolute Gasteiger partial charge is 0.253 e. The quantitative estimate of drug-likeness (QED) is 0.485. The number of piperidine rings is 1. The van der Waals surface area contributed by atoms with Gasteiger partial charge in [-0.25, -0.2) is 0 Å². The Morgan fingerprint density at radius 1 is 1.12 bits per heavy atom. The van der Waals surface area contributed by atoms with E-state index in [0.717, 1.165) is 29.7 Å². The van der Waals surface area contributed by atoms with Crippen LogP contribution < -0.4 is 0 Å². The van der Waals surface area contributed by atoms with Crippen molar-refractivity contribution in [1.82, 2.24) is 15.0 Å². The van der Waals surface area contributed by atoms with Crippen LogP contribution in [0.5, 0.6) is 0 Å². The fourth-order valence-electron chi connectivity index (χ4n) is 4.74. The van der Waals surface area contributed by atoms with E-state index in [1.165, 1.54) is 11.1 Å². The summed E-state index contributed by atoms with van der Waals surface area (Å²) in [6, 6.07) is 14.3. The van der Waals surface area contributed by atoms with Crippen molar-refractivity contribution in [2.24, 2.45) is 5.11 Å². The molecular weight excluding hydrogens is 414 g/mol. The monoisotopic (exact) mass is 444 g/mol. The highest BCUT2D eigenvalue weighted by Gasteiger charge is 2.30. The van der Waals surface area contributed by atoms with E-state index < -0.39 is 0 Å². The second-order valence-electron chi connectivity index (χ2n) is 9.39. The minimum Gasteiger partial charge on any atom is -0.339 e. The molecule has 1 amide bonds. The van der Waals surface area contributed by atoms with E-state index in [9.17, 15) is 4.79 Å². The first-order valence-electron chi connectivity index (χ1n) is 11.7. The van der Waals surface area contributed by atoms with Gasteiger partial charge >= 0.3 is 0 Å². The molecule has 1 atom stereocenters. The summed E-state index contributed by atoms with van der Waals surface area (Å²) in [6.07, 6.45) is 1.64. The Morgan fingerprint density at radius 3 is 2.55 bits per heavy atom. The molecule has 1 saturated heterocycles. The number of amides is 1. The van der Waals surface area contributed by atoms with E-state index in [2.05, 4.69) is 55.3 Å². The number of hydrogen-bond donors (Lipinski definition) is 0. The number of azo groups is 2.